The van der Waals surface area contributed by atoms with Crippen molar-refractivity contribution >= 4 is 11.8 Å². The number of piperazine rings is 1. The van der Waals surface area contributed by atoms with Gasteiger partial charge in [0.05, 0.1) is 0 Å². The number of amides is 2. The molecule has 0 radical (unpaired) electrons. The number of pyridine rings is 1. The van der Waals surface area contributed by atoms with Gasteiger partial charge in [0.15, 0.2) is 0 Å². The molecule has 0 saturated carbocycles. The van der Waals surface area contributed by atoms with Crippen LogP contribution in [0.25, 0.3) is 0 Å². The Labute approximate surface area is 158 Å². The fourth-order valence-electron chi connectivity index (χ4n) is 2.95. The molecule has 142 valence electrons. The third-order valence-corrected chi connectivity index (χ3v) is 4.63. The minimum absolute atomic E-state index is 0.163. The summed E-state index contributed by atoms with van der Waals surface area (Å²) in [6.45, 7) is 3.23. The minimum atomic E-state index is -0.376. The second kappa shape index (κ2) is 8.73. The summed E-state index contributed by atoms with van der Waals surface area (Å²) in [4.78, 5) is 33.0. The van der Waals surface area contributed by atoms with E-state index in [1.165, 1.54) is 6.07 Å². The normalized spacial score (nSPS) is 14.8. The molecule has 1 aliphatic rings. The van der Waals surface area contributed by atoms with Gasteiger partial charge in [-0.05, 0) is 37.2 Å². The molecule has 2 amide bonds. The van der Waals surface area contributed by atoms with E-state index in [0.29, 0.717) is 25.1 Å². The first-order valence-electron chi connectivity index (χ1n) is 9.01. The van der Waals surface area contributed by atoms with E-state index in [1.54, 1.807) is 41.3 Å². The number of benzene rings is 1. The van der Waals surface area contributed by atoms with Crippen molar-refractivity contribution in [1.29, 1.82) is 0 Å². The second-order valence-electron chi connectivity index (χ2n) is 6.60. The van der Waals surface area contributed by atoms with Crippen LogP contribution >= 0.6 is 0 Å². The van der Waals surface area contributed by atoms with Crippen molar-refractivity contribution < 1.29 is 14.0 Å². The highest BCUT2D eigenvalue weighted by atomic mass is 19.1. The molecule has 2 aromatic rings. The average molecular weight is 370 g/mol. The van der Waals surface area contributed by atoms with Crippen molar-refractivity contribution in [2.24, 2.45) is 0 Å². The van der Waals surface area contributed by atoms with Crippen molar-refractivity contribution in [3.8, 4) is 0 Å². The first-order chi connectivity index (χ1) is 13.0. The van der Waals surface area contributed by atoms with Gasteiger partial charge in [-0.3, -0.25) is 9.59 Å². The Kier molecular flexibility index (Phi) is 6.13. The lowest BCUT2D eigenvalue weighted by atomic mass is 10.1. The van der Waals surface area contributed by atoms with Crippen molar-refractivity contribution in [2.75, 3.05) is 39.8 Å². The van der Waals surface area contributed by atoms with E-state index in [4.69, 9.17) is 0 Å². The van der Waals surface area contributed by atoms with E-state index in [0.717, 1.165) is 13.1 Å². The first kappa shape index (κ1) is 19.0. The zero-order valence-corrected chi connectivity index (χ0v) is 15.3. The summed E-state index contributed by atoms with van der Waals surface area (Å²) < 4.78 is 13.6. The topological polar surface area (TPSA) is 65.5 Å². The van der Waals surface area contributed by atoms with E-state index in [1.807, 2.05) is 7.05 Å². The molecular weight excluding hydrogens is 347 g/mol. The van der Waals surface area contributed by atoms with Crippen LogP contribution in [0.1, 0.15) is 26.5 Å². The molecule has 7 heteroatoms. The Hall–Kier alpha value is -2.80. The van der Waals surface area contributed by atoms with Crippen LogP contribution in [0.15, 0.2) is 42.5 Å². The van der Waals surface area contributed by atoms with Gasteiger partial charge in [0, 0.05) is 32.7 Å². The molecule has 1 fully saturated rings. The lowest BCUT2D eigenvalue weighted by Crippen LogP contribution is -2.47. The number of halogens is 1. The molecule has 0 aliphatic carbocycles. The molecule has 1 aromatic carbocycles. The molecule has 3 rings (SSSR count). The van der Waals surface area contributed by atoms with Crippen LogP contribution in [0.5, 0.6) is 0 Å². The van der Waals surface area contributed by atoms with Crippen LogP contribution in [0.4, 0.5) is 4.39 Å². The quantitative estimate of drug-likeness (QED) is 0.868. The number of rotatable bonds is 5. The zero-order valence-electron chi connectivity index (χ0n) is 15.3. The molecule has 6 nitrogen and oxygen atoms in total. The molecule has 1 aliphatic heterocycles. The SMILES string of the molecule is CN1CCN(C(=O)c2cccc(C(=O)NCCc3ccccc3F)n2)CC1. The van der Waals surface area contributed by atoms with Crippen molar-refractivity contribution in [2.45, 2.75) is 6.42 Å². The molecule has 0 bridgehead atoms. The molecule has 0 unspecified atom stereocenters. The monoisotopic (exact) mass is 370 g/mol. The number of hydrogen-bond donors (Lipinski definition) is 1. The molecular formula is C20H23FN4O2. The number of nitrogens with one attached hydrogen (secondary N) is 1. The lowest BCUT2D eigenvalue weighted by molar-refractivity contribution is 0.0658. The zero-order chi connectivity index (χ0) is 19.2. The van der Waals surface area contributed by atoms with E-state index in [9.17, 15) is 14.0 Å². The van der Waals surface area contributed by atoms with Crippen LogP contribution < -0.4 is 5.32 Å². The highest BCUT2D eigenvalue weighted by Gasteiger charge is 2.22. The van der Waals surface area contributed by atoms with Gasteiger partial charge in [-0.2, -0.15) is 0 Å². The van der Waals surface area contributed by atoms with E-state index < -0.39 is 0 Å². The summed E-state index contributed by atoms with van der Waals surface area (Å²) in [6, 6.07) is 11.3. The first-order valence-corrected chi connectivity index (χ1v) is 9.01. The Balaban J connectivity index is 1.58. The van der Waals surface area contributed by atoms with Crippen molar-refractivity contribution in [3.63, 3.8) is 0 Å². The molecule has 1 saturated heterocycles. The fourth-order valence-corrected chi connectivity index (χ4v) is 2.95. The molecule has 2 heterocycles. The number of hydrogen-bond acceptors (Lipinski definition) is 4. The maximum absolute atomic E-state index is 13.6. The Morgan fingerprint density at radius 2 is 1.74 bits per heavy atom. The van der Waals surface area contributed by atoms with Gasteiger partial charge >= 0.3 is 0 Å². The summed E-state index contributed by atoms with van der Waals surface area (Å²) in [6.07, 6.45) is 0.387. The van der Waals surface area contributed by atoms with Gasteiger partial charge in [0.25, 0.3) is 11.8 Å². The Bertz CT molecular complexity index is 819. The van der Waals surface area contributed by atoms with Crippen molar-refractivity contribution in [3.05, 3.63) is 65.2 Å². The maximum atomic E-state index is 13.6. The second-order valence-corrected chi connectivity index (χ2v) is 6.60. The van der Waals surface area contributed by atoms with Gasteiger partial charge in [0.1, 0.15) is 17.2 Å². The van der Waals surface area contributed by atoms with Gasteiger partial charge in [-0.1, -0.05) is 24.3 Å². The Morgan fingerprint density at radius 1 is 1.04 bits per heavy atom. The fraction of sp³-hybridized carbons (Fsp3) is 0.350. The van der Waals surface area contributed by atoms with E-state index >= 15 is 0 Å². The van der Waals surface area contributed by atoms with Crippen LogP contribution in [0.3, 0.4) is 0 Å². The standard InChI is InChI=1S/C20H23FN4O2/c1-24-11-13-25(14-12-24)20(27)18-8-4-7-17(23-18)19(26)22-10-9-15-5-2-3-6-16(15)21/h2-8H,9-14H2,1H3,(H,22,26). The average Bonchev–Trinajstić information content (AvgIpc) is 2.69. The Morgan fingerprint density at radius 3 is 2.48 bits per heavy atom. The van der Waals surface area contributed by atoms with E-state index in [-0.39, 0.29) is 35.6 Å². The number of aromatic nitrogens is 1. The highest BCUT2D eigenvalue weighted by Crippen LogP contribution is 2.08. The predicted octanol–water partition coefficient (Wildman–Crippen LogP) is 1.58. The van der Waals surface area contributed by atoms with Crippen molar-refractivity contribution in [1.82, 2.24) is 20.1 Å². The van der Waals surface area contributed by atoms with E-state index in [2.05, 4.69) is 15.2 Å². The molecule has 0 atom stereocenters. The maximum Gasteiger partial charge on any atom is 0.272 e. The summed E-state index contributed by atoms with van der Waals surface area (Å²) in [5.74, 6) is -0.826. The summed E-state index contributed by atoms with van der Waals surface area (Å²) in [7, 11) is 2.02. The van der Waals surface area contributed by atoms with Gasteiger partial charge in [0.2, 0.25) is 0 Å². The minimum Gasteiger partial charge on any atom is -0.350 e. The number of likely N-dealkylation sites (N-methyl/N-ethyl adjacent to an activating group) is 1. The predicted molar refractivity (Wildman–Crippen MR) is 100 cm³/mol. The number of nitrogens with zero attached hydrogens (tertiary/aromatic N) is 3. The number of carbonyl (C=O) groups is 2. The van der Waals surface area contributed by atoms with Crippen LogP contribution in [0, 0.1) is 5.82 Å². The molecule has 0 spiro atoms. The highest BCUT2D eigenvalue weighted by molar-refractivity contribution is 5.96. The van der Waals surface area contributed by atoms with Crippen LogP contribution in [0.2, 0.25) is 0 Å². The molecule has 1 aromatic heterocycles. The summed E-state index contributed by atoms with van der Waals surface area (Å²) in [5.41, 5.74) is 0.995. The van der Waals surface area contributed by atoms with Gasteiger partial charge in [-0.15, -0.1) is 0 Å². The third kappa shape index (κ3) is 4.89. The van der Waals surface area contributed by atoms with Crippen LogP contribution in [-0.4, -0.2) is 66.4 Å². The molecule has 27 heavy (non-hydrogen) atoms. The molecule has 1 N–H and O–H groups in total. The third-order valence-electron chi connectivity index (χ3n) is 4.63. The lowest BCUT2D eigenvalue weighted by Gasteiger charge is -2.32. The van der Waals surface area contributed by atoms with Gasteiger partial charge in [-0.25, -0.2) is 9.37 Å². The smallest absolute Gasteiger partial charge is 0.272 e. The summed E-state index contributed by atoms with van der Waals surface area (Å²) in [5, 5.41) is 2.73. The van der Waals surface area contributed by atoms with Gasteiger partial charge < -0.3 is 15.1 Å². The summed E-state index contributed by atoms with van der Waals surface area (Å²) >= 11 is 0. The number of carbonyl (C=O) groups excluding carboxylic acids is 2. The van der Waals surface area contributed by atoms with Crippen LogP contribution in [-0.2, 0) is 6.42 Å². The largest absolute Gasteiger partial charge is 0.350 e.